The zero-order valence-electron chi connectivity index (χ0n) is 39.8. The van der Waals surface area contributed by atoms with Gasteiger partial charge in [-0.15, -0.1) is 5.10 Å². The van der Waals surface area contributed by atoms with Crippen molar-refractivity contribution in [2.45, 2.75) is 103 Å². The molecule has 1 saturated carbocycles. The fourth-order valence-corrected chi connectivity index (χ4v) is 9.33. The lowest BCUT2D eigenvalue weighted by Crippen LogP contribution is -2.60. The number of carbonyl (C=O) groups is 6. The molecule has 3 aromatic carbocycles. The molecule has 364 valence electrons. The second-order valence-electron chi connectivity index (χ2n) is 19.5. The Kier molecular flexibility index (Phi) is 13.9. The van der Waals surface area contributed by atoms with E-state index >= 15 is 0 Å². The minimum Gasteiger partial charge on any atom is -0.455 e. The van der Waals surface area contributed by atoms with Crippen LogP contribution in [-0.4, -0.2) is 139 Å². The number of carbonyl (C=O) groups excluding carboxylic acids is 6. The molecule has 4 heterocycles. The highest BCUT2D eigenvalue weighted by Gasteiger charge is 2.41. The van der Waals surface area contributed by atoms with E-state index in [1.807, 2.05) is 24.3 Å². The van der Waals surface area contributed by atoms with E-state index < -0.39 is 47.0 Å². The Hall–Kier alpha value is -6.70. The molecular weight excluding hydrogens is 908 g/mol. The van der Waals surface area contributed by atoms with Crippen molar-refractivity contribution in [3.8, 4) is 5.69 Å². The van der Waals surface area contributed by atoms with Gasteiger partial charge < -0.3 is 34.2 Å². The first-order valence-corrected chi connectivity index (χ1v) is 23.4. The van der Waals surface area contributed by atoms with E-state index in [4.69, 9.17) is 25.8 Å². The average molecular weight is 966 g/mol. The van der Waals surface area contributed by atoms with Crippen LogP contribution in [0.4, 0.5) is 21.9 Å². The number of esters is 1. The van der Waals surface area contributed by atoms with Gasteiger partial charge in [0.1, 0.15) is 29.3 Å². The Balaban J connectivity index is 1.06. The molecule has 1 atom stereocenters. The van der Waals surface area contributed by atoms with E-state index in [0.717, 1.165) is 36.8 Å². The lowest BCUT2D eigenvalue weighted by molar-refractivity contribution is -0.149. The number of fused-ring (bicyclic) bond motifs is 1. The molecule has 19 nitrogen and oxygen atoms in total. The fraction of sp³-hybridized carbons (Fsp3) is 0.449. The van der Waals surface area contributed by atoms with Crippen LogP contribution >= 0.6 is 11.6 Å². The standard InChI is InChI=1S/C49H57ClN10O9/c1-48(2,3)68-46(65)41-26-31-25-33(11-19-37(31)60(41)47(66)69-49(4,5)6)52-43(62)40(58-23-22-57(44(63)45(58)64)39-27-32(50)10-18-38(39)59-29-51-53-54-59)24-30-8-12-35(13-9-30)56-21-20-55(28-42(56)61)34-14-16-36(67-7)17-15-34/h8-13,18-19,25-27,29,34,36,40H,14-17,20-24,28H2,1-7H3,(H,52,62). The molecule has 0 spiro atoms. The molecule has 3 fully saturated rings. The van der Waals surface area contributed by atoms with E-state index in [9.17, 15) is 28.8 Å². The van der Waals surface area contributed by atoms with E-state index in [1.54, 1.807) is 90.0 Å². The van der Waals surface area contributed by atoms with Crippen molar-refractivity contribution >= 4 is 75.3 Å². The molecule has 3 aliphatic rings. The normalized spacial score (nSPS) is 19.0. The molecule has 1 N–H and O–H groups in total. The third-order valence-electron chi connectivity index (χ3n) is 12.4. The predicted molar refractivity (Wildman–Crippen MR) is 257 cm³/mol. The van der Waals surface area contributed by atoms with Crippen molar-refractivity contribution in [1.29, 1.82) is 0 Å². The minimum absolute atomic E-state index is 0.00154. The summed E-state index contributed by atoms with van der Waals surface area (Å²) in [6, 6.07) is 17.5. The summed E-state index contributed by atoms with van der Waals surface area (Å²) >= 11 is 6.39. The van der Waals surface area contributed by atoms with Crippen LogP contribution in [0.15, 0.2) is 73.1 Å². The van der Waals surface area contributed by atoms with Crippen molar-refractivity contribution < 1.29 is 43.0 Å². The van der Waals surface area contributed by atoms with Crippen LogP contribution in [0.5, 0.6) is 0 Å². The second kappa shape index (κ2) is 19.7. The Morgan fingerprint density at radius 2 is 1.51 bits per heavy atom. The fourth-order valence-electron chi connectivity index (χ4n) is 9.16. The summed E-state index contributed by atoms with van der Waals surface area (Å²) in [5.41, 5.74) is 0.891. The first-order valence-electron chi connectivity index (χ1n) is 23.0. The number of aromatic nitrogens is 5. The van der Waals surface area contributed by atoms with Crippen molar-refractivity contribution in [2.24, 2.45) is 0 Å². The summed E-state index contributed by atoms with van der Waals surface area (Å²) in [5, 5.41) is 15.0. The first kappa shape index (κ1) is 48.7. The molecule has 2 aromatic heterocycles. The van der Waals surface area contributed by atoms with Crippen molar-refractivity contribution in [3.05, 3.63) is 89.3 Å². The number of nitrogens with one attached hydrogen (secondary N) is 1. The Morgan fingerprint density at radius 3 is 2.16 bits per heavy atom. The highest BCUT2D eigenvalue weighted by atomic mass is 35.5. The highest BCUT2D eigenvalue weighted by molar-refractivity contribution is 6.41. The molecule has 5 aromatic rings. The molecule has 1 aliphatic carbocycles. The highest BCUT2D eigenvalue weighted by Crippen LogP contribution is 2.32. The first-order chi connectivity index (χ1) is 32.8. The van der Waals surface area contributed by atoms with E-state index in [2.05, 4.69) is 25.7 Å². The summed E-state index contributed by atoms with van der Waals surface area (Å²) in [6.07, 6.45) is 4.78. The number of nitrogens with zero attached hydrogens (tertiary/aromatic N) is 9. The van der Waals surface area contributed by atoms with Crippen LogP contribution in [0.3, 0.4) is 0 Å². The van der Waals surface area contributed by atoms with Gasteiger partial charge >= 0.3 is 23.9 Å². The average Bonchev–Trinajstić information content (AvgIpc) is 3.98. The third kappa shape index (κ3) is 11.0. The number of hydrogen-bond acceptors (Lipinski definition) is 13. The molecule has 2 aliphatic heterocycles. The molecule has 0 bridgehead atoms. The van der Waals surface area contributed by atoms with Gasteiger partial charge in [-0.2, -0.15) is 4.68 Å². The SMILES string of the molecule is COC1CCC(N2CCN(c3ccc(CC(C(=O)Nc4ccc5c(c4)cc(C(=O)OC(C)(C)C)n5C(=O)OC(C)(C)C)N4CCN(c5cc(Cl)ccc5-n5cnnn5)C(=O)C4=O)cc3)C(=O)C2)CC1. The number of hydrogen-bond donors (Lipinski definition) is 1. The van der Waals surface area contributed by atoms with Gasteiger partial charge in [0, 0.05) is 67.5 Å². The van der Waals surface area contributed by atoms with Gasteiger partial charge in [0.15, 0.2) is 0 Å². The van der Waals surface area contributed by atoms with Gasteiger partial charge in [0.2, 0.25) is 11.8 Å². The minimum atomic E-state index is -1.20. The van der Waals surface area contributed by atoms with Crippen molar-refractivity contribution in [1.82, 2.24) is 34.6 Å². The maximum atomic E-state index is 14.7. The summed E-state index contributed by atoms with van der Waals surface area (Å²) < 4.78 is 19.3. The van der Waals surface area contributed by atoms with E-state index in [-0.39, 0.29) is 42.9 Å². The van der Waals surface area contributed by atoms with Crippen molar-refractivity contribution in [3.63, 3.8) is 0 Å². The number of rotatable bonds is 11. The van der Waals surface area contributed by atoms with Gasteiger partial charge in [-0.3, -0.25) is 24.1 Å². The largest absolute Gasteiger partial charge is 0.455 e. The quantitative estimate of drug-likeness (QED) is 0.119. The van der Waals surface area contributed by atoms with Crippen LogP contribution in [-0.2, 0) is 39.8 Å². The van der Waals surface area contributed by atoms with Gasteiger partial charge in [0.05, 0.1) is 29.5 Å². The number of methoxy groups -OCH3 is 1. The summed E-state index contributed by atoms with van der Waals surface area (Å²) in [4.78, 5) is 90.3. The smallest absolute Gasteiger partial charge is 0.419 e. The Labute approximate surface area is 404 Å². The lowest BCUT2D eigenvalue weighted by Gasteiger charge is -2.41. The van der Waals surface area contributed by atoms with E-state index in [1.165, 1.54) is 26.9 Å². The van der Waals surface area contributed by atoms with Crippen LogP contribution in [0.25, 0.3) is 16.6 Å². The predicted octanol–water partition coefficient (Wildman–Crippen LogP) is 6.04. The monoisotopic (exact) mass is 964 g/mol. The Morgan fingerprint density at radius 1 is 0.797 bits per heavy atom. The van der Waals surface area contributed by atoms with Gasteiger partial charge in [0.25, 0.3) is 0 Å². The molecule has 0 radical (unpaired) electrons. The lowest BCUT2D eigenvalue weighted by atomic mass is 9.91. The van der Waals surface area contributed by atoms with Crippen LogP contribution in [0, 0.1) is 0 Å². The molecule has 2 saturated heterocycles. The number of tetrazole rings is 1. The number of benzene rings is 3. The zero-order valence-corrected chi connectivity index (χ0v) is 40.6. The number of ether oxygens (including phenoxy) is 3. The second-order valence-corrected chi connectivity index (χ2v) is 20.0. The van der Waals surface area contributed by atoms with Gasteiger partial charge in [-0.1, -0.05) is 23.7 Å². The van der Waals surface area contributed by atoms with E-state index in [0.29, 0.717) is 57.7 Å². The molecular formula is C49H57ClN10O9. The van der Waals surface area contributed by atoms with Crippen LogP contribution in [0.2, 0.25) is 5.02 Å². The molecule has 20 heteroatoms. The van der Waals surface area contributed by atoms with Crippen molar-refractivity contribution in [2.75, 3.05) is 55.0 Å². The number of anilines is 3. The summed E-state index contributed by atoms with van der Waals surface area (Å²) in [5.74, 6) is -3.17. The molecule has 4 amide bonds. The third-order valence-corrected chi connectivity index (χ3v) is 12.7. The van der Waals surface area contributed by atoms with Crippen LogP contribution < -0.4 is 15.1 Å². The zero-order chi connectivity index (χ0) is 49.4. The van der Waals surface area contributed by atoms with Gasteiger partial charge in [-0.05, 0) is 138 Å². The number of piperazine rings is 2. The molecule has 1 unspecified atom stereocenters. The molecule has 8 rings (SSSR count). The van der Waals surface area contributed by atoms with Crippen LogP contribution in [0.1, 0.15) is 83.3 Å². The maximum absolute atomic E-state index is 14.7. The molecule has 69 heavy (non-hydrogen) atoms. The maximum Gasteiger partial charge on any atom is 0.419 e. The number of halogens is 1. The summed E-state index contributed by atoms with van der Waals surface area (Å²) in [6.45, 7) is 11.8. The Bertz CT molecular complexity index is 2760. The summed E-state index contributed by atoms with van der Waals surface area (Å²) in [7, 11) is 1.75. The van der Waals surface area contributed by atoms with Gasteiger partial charge in [-0.25, -0.2) is 14.2 Å². The number of amides is 4. The topological polar surface area (TPSA) is 204 Å².